The van der Waals surface area contributed by atoms with Crippen molar-refractivity contribution in [2.45, 2.75) is 245 Å². The highest BCUT2D eigenvalue weighted by molar-refractivity contribution is 7.47. The first kappa shape index (κ1) is 54.2. The predicted molar refractivity (Wildman–Crippen MR) is 234 cm³/mol. The van der Waals surface area contributed by atoms with Gasteiger partial charge in [-0.15, -0.1) is 0 Å². The predicted octanol–water partition coefficient (Wildman–Crippen LogP) is 14.3. The topological polar surface area (TPSA) is 117 Å². The number of rotatable bonds is 46. The molecule has 3 N–H and O–H groups in total. The van der Waals surface area contributed by atoms with Crippen molar-refractivity contribution in [3.63, 3.8) is 0 Å². The summed E-state index contributed by atoms with van der Waals surface area (Å²) in [6, 6.07) is 0. The quantitative estimate of drug-likeness (QED) is 0.0270. The number of esters is 1. The van der Waals surface area contributed by atoms with Crippen LogP contribution in [0, 0.1) is 0 Å². The summed E-state index contributed by atoms with van der Waals surface area (Å²) in [5, 5.41) is 0. The third-order valence-electron chi connectivity index (χ3n) is 10.4. The maximum atomic E-state index is 12.6. The third kappa shape index (κ3) is 44.2. The van der Waals surface area contributed by atoms with Crippen molar-refractivity contribution in [2.75, 3.05) is 33.0 Å². The minimum Gasteiger partial charge on any atom is -0.457 e. The number of hydrogen-bond acceptors (Lipinski definition) is 7. The van der Waals surface area contributed by atoms with Gasteiger partial charge in [0, 0.05) is 19.6 Å². The van der Waals surface area contributed by atoms with E-state index in [0.29, 0.717) is 13.0 Å². The Labute approximate surface area is 341 Å². The molecule has 0 fully saturated rings. The molecule has 0 rings (SSSR count). The summed E-state index contributed by atoms with van der Waals surface area (Å²) in [6.45, 7) is 4.94. The van der Waals surface area contributed by atoms with Crippen LogP contribution in [0.3, 0.4) is 0 Å². The summed E-state index contributed by atoms with van der Waals surface area (Å²) < 4.78 is 33.4. The van der Waals surface area contributed by atoms with Gasteiger partial charge in [0.1, 0.15) is 6.10 Å². The molecule has 0 radical (unpaired) electrons. The molecule has 55 heavy (non-hydrogen) atoms. The van der Waals surface area contributed by atoms with Crippen LogP contribution in [-0.4, -0.2) is 49.9 Å². The zero-order valence-corrected chi connectivity index (χ0v) is 37.3. The highest BCUT2D eigenvalue weighted by atomic mass is 31.2. The van der Waals surface area contributed by atoms with E-state index in [1.807, 2.05) is 0 Å². The van der Waals surface area contributed by atoms with E-state index in [4.69, 9.17) is 24.3 Å². The molecule has 0 aliphatic heterocycles. The van der Waals surface area contributed by atoms with E-state index in [-0.39, 0.29) is 32.3 Å². The van der Waals surface area contributed by atoms with Crippen molar-refractivity contribution < 1.29 is 32.8 Å². The van der Waals surface area contributed by atoms with Crippen LogP contribution in [0.25, 0.3) is 0 Å². The van der Waals surface area contributed by atoms with Gasteiger partial charge in [-0.3, -0.25) is 13.8 Å². The number of allylic oxidation sites excluding steroid dienone is 2. The van der Waals surface area contributed by atoms with E-state index in [1.54, 1.807) is 0 Å². The van der Waals surface area contributed by atoms with Crippen LogP contribution in [0.4, 0.5) is 0 Å². The number of carbonyl (C=O) groups is 1. The van der Waals surface area contributed by atoms with Gasteiger partial charge >= 0.3 is 13.8 Å². The molecule has 0 bridgehead atoms. The van der Waals surface area contributed by atoms with Crippen LogP contribution in [0.1, 0.15) is 239 Å². The fourth-order valence-electron chi connectivity index (χ4n) is 6.93. The molecule has 9 heteroatoms. The van der Waals surface area contributed by atoms with Gasteiger partial charge < -0.3 is 20.1 Å². The Morgan fingerprint density at radius 2 is 0.909 bits per heavy atom. The number of unbranched alkanes of at least 4 members (excludes halogenated alkanes) is 31. The molecular weight excluding hydrogens is 709 g/mol. The first-order valence-electron chi connectivity index (χ1n) is 23.7. The molecule has 0 aromatic heterocycles. The summed E-state index contributed by atoms with van der Waals surface area (Å²) in [4.78, 5) is 22.5. The van der Waals surface area contributed by atoms with Crippen LogP contribution < -0.4 is 5.73 Å². The number of phosphoric acid groups is 1. The molecule has 0 aliphatic rings. The maximum absolute atomic E-state index is 12.6. The second-order valence-corrected chi connectivity index (χ2v) is 17.4. The zero-order chi connectivity index (χ0) is 40.2. The van der Waals surface area contributed by atoms with Gasteiger partial charge in [0.05, 0.1) is 19.8 Å². The van der Waals surface area contributed by atoms with Gasteiger partial charge in [0.2, 0.25) is 0 Å². The average Bonchev–Trinajstić information content (AvgIpc) is 3.17. The molecule has 2 unspecified atom stereocenters. The molecule has 0 aliphatic carbocycles. The lowest BCUT2D eigenvalue weighted by Gasteiger charge is -2.20. The summed E-state index contributed by atoms with van der Waals surface area (Å²) in [5.74, 6) is -0.335. The van der Waals surface area contributed by atoms with Gasteiger partial charge in [0.25, 0.3) is 0 Å². The maximum Gasteiger partial charge on any atom is 0.472 e. The van der Waals surface area contributed by atoms with Gasteiger partial charge in [-0.25, -0.2) is 4.57 Å². The molecule has 2 atom stereocenters. The summed E-state index contributed by atoms with van der Waals surface area (Å²) in [7, 11) is -4.27. The Hall–Kier alpha value is -0.760. The van der Waals surface area contributed by atoms with Crippen LogP contribution in [-0.2, 0) is 27.9 Å². The van der Waals surface area contributed by atoms with E-state index in [0.717, 1.165) is 44.9 Å². The van der Waals surface area contributed by atoms with E-state index in [2.05, 4.69) is 26.0 Å². The summed E-state index contributed by atoms with van der Waals surface area (Å²) in [5.41, 5.74) is 5.37. The molecule has 0 spiro atoms. The monoisotopic (exact) mass is 802 g/mol. The number of nitrogens with two attached hydrogens (primary N) is 1. The summed E-state index contributed by atoms with van der Waals surface area (Å²) in [6.07, 6.45) is 48.2. The summed E-state index contributed by atoms with van der Waals surface area (Å²) >= 11 is 0. The first-order valence-corrected chi connectivity index (χ1v) is 25.2. The van der Waals surface area contributed by atoms with Crippen molar-refractivity contribution in [3.05, 3.63) is 12.2 Å². The standard InChI is InChI=1S/C46H92NO7P/c1-3-5-7-9-11-13-15-17-18-19-20-21-22-23-24-25-26-27-28-30-32-34-36-38-41-51-43-45(44-53-55(49,50)52-42-40-47)54-46(48)39-37-35-33-31-29-16-14-12-10-8-6-4-2/h12,14,45H,3-11,13,15-44,47H2,1-2H3,(H,49,50)/b14-12-. The molecule has 0 saturated heterocycles. The highest BCUT2D eigenvalue weighted by Gasteiger charge is 2.25. The lowest BCUT2D eigenvalue weighted by atomic mass is 10.0. The SMILES string of the molecule is CCCCC/C=C\CCCCCCCC(=O)OC(COCCCCCCCCCCCCCCCCCCCCCCCCCC)COP(=O)(O)OCCN. The number of phosphoric ester groups is 1. The smallest absolute Gasteiger partial charge is 0.457 e. The molecule has 0 aromatic carbocycles. The van der Waals surface area contributed by atoms with Crippen LogP contribution in [0.15, 0.2) is 12.2 Å². The Bertz CT molecular complexity index is 858. The number of carbonyl (C=O) groups excluding carboxylic acids is 1. The Kier molecular flexibility index (Phi) is 43.7. The van der Waals surface area contributed by atoms with Crippen molar-refractivity contribution in [2.24, 2.45) is 5.73 Å². The van der Waals surface area contributed by atoms with E-state index in [1.165, 1.54) is 173 Å². The van der Waals surface area contributed by atoms with Crippen LogP contribution in [0.2, 0.25) is 0 Å². The highest BCUT2D eigenvalue weighted by Crippen LogP contribution is 2.43. The molecule has 8 nitrogen and oxygen atoms in total. The van der Waals surface area contributed by atoms with Gasteiger partial charge in [-0.2, -0.15) is 0 Å². The lowest BCUT2D eigenvalue weighted by molar-refractivity contribution is -0.154. The molecule has 0 heterocycles. The molecule has 0 aromatic rings. The van der Waals surface area contributed by atoms with Crippen molar-refractivity contribution in [3.8, 4) is 0 Å². The van der Waals surface area contributed by atoms with E-state index in [9.17, 15) is 14.3 Å². The minimum atomic E-state index is -4.27. The molecular formula is C46H92NO7P. The molecule has 328 valence electrons. The Morgan fingerprint density at radius 1 is 0.527 bits per heavy atom. The fraction of sp³-hybridized carbons (Fsp3) is 0.935. The molecule has 0 saturated carbocycles. The number of hydrogen-bond donors (Lipinski definition) is 2. The minimum absolute atomic E-state index is 0.0937. The molecule has 0 amide bonds. The zero-order valence-electron chi connectivity index (χ0n) is 36.4. The van der Waals surface area contributed by atoms with Crippen LogP contribution in [0.5, 0.6) is 0 Å². The Balaban J connectivity index is 3.85. The van der Waals surface area contributed by atoms with Crippen LogP contribution >= 0.6 is 7.82 Å². The third-order valence-corrected chi connectivity index (χ3v) is 11.4. The average molecular weight is 802 g/mol. The van der Waals surface area contributed by atoms with E-state index < -0.39 is 13.9 Å². The van der Waals surface area contributed by atoms with Crippen molar-refractivity contribution >= 4 is 13.8 Å². The van der Waals surface area contributed by atoms with Gasteiger partial charge in [-0.1, -0.05) is 206 Å². The van der Waals surface area contributed by atoms with Crippen molar-refractivity contribution in [1.29, 1.82) is 0 Å². The van der Waals surface area contributed by atoms with Crippen molar-refractivity contribution in [1.82, 2.24) is 0 Å². The normalized spacial score (nSPS) is 13.5. The lowest BCUT2D eigenvalue weighted by Crippen LogP contribution is -2.28. The number of ether oxygens (including phenoxy) is 2. The van der Waals surface area contributed by atoms with Gasteiger partial charge in [0.15, 0.2) is 0 Å². The first-order chi connectivity index (χ1) is 26.9. The second kappa shape index (κ2) is 44.3. The second-order valence-electron chi connectivity index (χ2n) is 16.0. The van der Waals surface area contributed by atoms with Gasteiger partial charge in [-0.05, 0) is 38.5 Å². The fourth-order valence-corrected chi connectivity index (χ4v) is 7.70. The largest absolute Gasteiger partial charge is 0.472 e. The van der Waals surface area contributed by atoms with E-state index >= 15 is 0 Å². The Morgan fingerprint density at radius 3 is 1.36 bits per heavy atom.